The normalized spacial score (nSPS) is 16.6. The van der Waals surface area contributed by atoms with Crippen LogP contribution in [0.25, 0.3) is 10.2 Å². The van der Waals surface area contributed by atoms with Gasteiger partial charge >= 0.3 is 4.87 Å². The molecule has 0 radical (unpaired) electrons. The maximum absolute atomic E-state index is 12.9. The third-order valence-electron chi connectivity index (χ3n) is 5.00. The summed E-state index contributed by atoms with van der Waals surface area (Å²) < 4.78 is 35.9. The van der Waals surface area contributed by atoms with Gasteiger partial charge in [0.05, 0.1) is 32.5 Å². The number of anilines is 1. The summed E-state index contributed by atoms with van der Waals surface area (Å²) in [4.78, 5) is 24.3. The highest BCUT2D eigenvalue weighted by atomic mass is 32.2. The summed E-state index contributed by atoms with van der Waals surface area (Å²) in [7, 11) is -2.32. The number of thiazole rings is 1. The van der Waals surface area contributed by atoms with E-state index in [0.29, 0.717) is 23.4 Å². The van der Waals surface area contributed by atoms with E-state index in [-0.39, 0.29) is 33.0 Å². The summed E-state index contributed by atoms with van der Waals surface area (Å²) in [6.07, 6.45) is 1.85. The van der Waals surface area contributed by atoms with E-state index >= 15 is 0 Å². The quantitative estimate of drug-likeness (QED) is 0.603. The second-order valence-electron chi connectivity index (χ2n) is 7.05. The maximum Gasteiger partial charge on any atom is 0.307 e. The average molecular weight is 448 g/mol. The molecule has 10 heteroatoms. The minimum absolute atomic E-state index is 0.0115. The van der Waals surface area contributed by atoms with Crippen molar-refractivity contribution in [3.05, 3.63) is 57.7 Å². The Morgan fingerprint density at radius 2 is 2.07 bits per heavy atom. The van der Waals surface area contributed by atoms with E-state index in [1.807, 2.05) is 0 Å². The van der Waals surface area contributed by atoms with Crippen LogP contribution in [0.3, 0.4) is 0 Å². The number of benzene rings is 2. The largest absolute Gasteiger partial charge is 0.376 e. The minimum Gasteiger partial charge on any atom is -0.376 e. The van der Waals surface area contributed by atoms with Crippen LogP contribution >= 0.6 is 11.3 Å². The van der Waals surface area contributed by atoms with Crippen molar-refractivity contribution in [2.45, 2.75) is 23.8 Å². The Morgan fingerprint density at radius 3 is 2.83 bits per heavy atom. The number of nitrogens with zero attached hydrogens (tertiary/aromatic N) is 1. The van der Waals surface area contributed by atoms with Gasteiger partial charge < -0.3 is 14.6 Å². The number of hydrogen-bond acceptors (Lipinski definition) is 6. The zero-order chi connectivity index (χ0) is 21.3. The van der Waals surface area contributed by atoms with Crippen LogP contribution < -0.4 is 14.9 Å². The van der Waals surface area contributed by atoms with Crippen molar-refractivity contribution in [3.8, 4) is 0 Å². The van der Waals surface area contributed by atoms with Crippen molar-refractivity contribution in [2.24, 2.45) is 7.05 Å². The van der Waals surface area contributed by atoms with Gasteiger partial charge in [-0.25, -0.2) is 8.42 Å². The Bertz CT molecular complexity index is 1260. The lowest BCUT2D eigenvalue weighted by atomic mass is 10.1. The molecular formula is C20H21N3O5S2. The van der Waals surface area contributed by atoms with Crippen molar-refractivity contribution in [1.29, 1.82) is 0 Å². The number of rotatable bonds is 6. The molecule has 1 aromatic heterocycles. The van der Waals surface area contributed by atoms with E-state index in [4.69, 9.17) is 4.74 Å². The molecule has 0 saturated carbocycles. The van der Waals surface area contributed by atoms with Gasteiger partial charge in [0.2, 0.25) is 0 Å². The van der Waals surface area contributed by atoms with Gasteiger partial charge in [-0.3, -0.25) is 14.3 Å². The molecule has 0 aliphatic carbocycles. The zero-order valence-corrected chi connectivity index (χ0v) is 17.9. The van der Waals surface area contributed by atoms with Crippen molar-refractivity contribution >= 4 is 43.2 Å². The van der Waals surface area contributed by atoms with Gasteiger partial charge in [0, 0.05) is 20.2 Å². The van der Waals surface area contributed by atoms with Crippen LogP contribution in [0.15, 0.2) is 52.2 Å². The van der Waals surface area contributed by atoms with Gasteiger partial charge in [0.1, 0.15) is 0 Å². The predicted molar refractivity (Wildman–Crippen MR) is 116 cm³/mol. The van der Waals surface area contributed by atoms with E-state index < -0.39 is 10.0 Å². The third kappa shape index (κ3) is 4.11. The molecule has 2 heterocycles. The molecule has 1 saturated heterocycles. The molecule has 0 spiro atoms. The highest BCUT2D eigenvalue weighted by Crippen LogP contribution is 2.24. The molecule has 2 aromatic carbocycles. The van der Waals surface area contributed by atoms with Crippen LogP contribution in [0.2, 0.25) is 0 Å². The lowest BCUT2D eigenvalue weighted by Gasteiger charge is -2.14. The SMILES string of the molecule is Cn1c(=O)sc2cc(S(=O)(=O)Nc3ccccc3C(=O)NC[C@H]3CCCO3)ccc21. The number of aromatic nitrogens is 1. The number of amides is 1. The number of sulfonamides is 1. The van der Waals surface area contributed by atoms with Gasteiger partial charge in [-0.05, 0) is 43.2 Å². The molecule has 1 atom stereocenters. The average Bonchev–Trinajstić information content (AvgIpc) is 3.34. The van der Waals surface area contributed by atoms with Gasteiger partial charge in [0.15, 0.2) is 0 Å². The van der Waals surface area contributed by atoms with Crippen molar-refractivity contribution in [2.75, 3.05) is 17.9 Å². The van der Waals surface area contributed by atoms with Gasteiger partial charge in [-0.1, -0.05) is 23.5 Å². The van der Waals surface area contributed by atoms with Crippen LogP contribution in [0.1, 0.15) is 23.2 Å². The number of fused-ring (bicyclic) bond motifs is 1. The molecule has 0 bridgehead atoms. The first-order valence-electron chi connectivity index (χ1n) is 9.46. The van der Waals surface area contributed by atoms with Crippen LogP contribution in [0.5, 0.6) is 0 Å². The second kappa shape index (κ2) is 8.21. The molecule has 30 heavy (non-hydrogen) atoms. The first kappa shape index (κ1) is 20.6. The molecule has 158 valence electrons. The summed E-state index contributed by atoms with van der Waals surface area (Å²) in [6.45, 7) is 1.07. The fourth-order valence-electron chi connectivity index (χ4n) is 3.36. The van der Waals surface area contributed by atoms with Gasteiger partial charge in [-0.2, -0.15) is 0 Å². The molecule has 3 aromatic rings. The first-order valence-corrected chi connectivity index (χ1v) is 11.8. The number of aryl methyl sites for hydroxylation is 1. The standard InChI is InChI=1S/C20H21N3O5S2/c1-23-17-9-8-14(11-18(17)29-20(23)25)30(26,27)22-16-7-3-2-6-15(16)19(24)21-12-13-5-4-10-28-13/h2-3,6-9,11,13,22H,4-5,10,12H2,1H3,(H,21,24)/t13-/m1/s1. The first-order chi connectivity index (χ1) is 14.3. The number of hydrogen-bond donors (Lipinski definition) is 2. The highest BCUT2D eigenvalue weighted by molar-refractivity contribution is 7.92. The number of carbonyl (C=O) groups excluding carboxylic acids is 1. The monoisotopic (exact) mass is 447 g/mol. The molecule has 1 amide bonds. The fourth-order valence-corrected chi connectivity index (χ4v) is 5.46. The molecule has 1 aliphatic rings. The summed E-state index contributed by atoms with van der Waals surface area (Å²) in [5.74, 6) is -0.375. The lowest BCUT2D eigenvalue weighted by Crippen LogP contribution is -2.32. The highest BCUT2D eigenvalue weighted by Gasteiger charge is 2.21. The van der Waals surface area contributed by atoms with E-state index in [1.54, 1.807) is 31.3 Å². The second-order valence-corrected chi connectivity index (χ2v) is 9.73. The Kier molecular flexibility index (Phi) is 5.63. The van der Waals surface area contributed by atoms with E-state index in [0.717, 1.165) is 24.2 Å². The predicted octanol–water partition coefficient (Wildman–Crippen LogP) is 2.31. The van der Waals surface area contributed by atoms with E-state index in [1.165, 1.54) is 22.8 Å². The molecule has 2 N–H and O–H groups in total. The molecular weight excluding hydrogens is 426 g/mol. The summed E-state index contributed by atoms with van der Waals surface area (Å²) in [5.41, 5.74) is 1.08. The molecule has 1 fully saturated rings. The Balaban J connectivity index is 1.57. The lowest BCUT2D eigenvalue weighted by molar-refractivity contribution is 0.0858. The molecule has 0 unspecified atom stereocenters. The van der Waals surface area contributed by atoms with Crippen LogP contribution in [-0.2, 0) is 21.8 Å². The fraction of sp³-hybridized carbons (Fsp3) is 0.300. The molecule has 1 aliphatic heterocycles. The van der Waals surface area contributed by atoms with E-state index in [9.17, 15) is 18.0 Å². The van der Waals surface area contributed by atoms with E-state index in [2.05, 4.69) is 10.0 Å². The minimum atomic E-state index is -3.95. The van der Waals surface area contributed by atoms with Gasteiger partial charge in [0.25, 0.3) is 15.9 Å². The number of para-hydroxylation sites is 1. The number of ether oxygens (including phenoxy) is 1. The summed E-state index contributed by atoms with van der Waals surface area (Å²) >= 11 is 0.981. The molecule has 8 nitrogen and oxygen atoms in total. The van der Waals surface area contributed by atoms with Crippen molar-refractivity contribution < 1.29 is 17.9 Å². The Labute approximate surface area is 177 Å². The van der Waals surface area contributed by atoms with Crippen LogP contribution in [0.4, 0.5) is 5.69 Å². The Morgan fingerprint density at radius 1 is 1.27 bits per heavy atom. The van der Waals surface area contributed by atoms with Crippen molar-refractivity contribution in [3.63, 3.8) is 0 Å². The molecule has 4 rings (SSSR count). The summed E-state index contributed by atoms with van der Waals surface area (Å²) in [6, 6.07) is 10.9. The number of carbonyl (C=O) groups is 1. The maximum atomic E-state index is 12.9. The topological polar surface area (TPSA) is 107 Å². The smallest absolute Gasteiger partial charge is 0.307 e. The van der Waals surface area contributed by atoms with Crippen LogP contribution in [0, 0.1) is 0 Å². The van der Waals surface area contributed by atoms with Crippen LogP contribution in [-0.4, -0.2) is 38.1 Å². The van der Waals surface area contributed by atoms with Crippen molar-refractivity contribution in [1.82, 2.24) is 9.88 Å². The summed E-state index contributed by atoms with van der Waals surface area (Å²) in [5, 5.41) is 2.81. The number of nitrogens with one attached hydrogen (secondary N) is 2. The van der Waals surface area contributed by atoms with Gasteiger partial charge in [-0.15, -0.1) is 0 Å². The Hall–Kier alpha value is -2.69. The third-order valence-corrected chi connectivity index (χ3v) is 7.36. The zero-order valence-electron chi connectivity index (χ0n) is 16.3.